The molecule has 0 spiro atoms. The van der Waals surface area contributed by atoms with E-state index in [0.717, 1.165) is 11.1 Å². The summed E-state index contributed by atoms with van der Waals surface area (Å²) in [5.41, 5.74) is 2.43. The molecule has 4 rings (SSSR count). The molecule has 0 bridgehead atoms. The van der Waals surface area contributed by atoms with E-state index in [1.54, 1.807) is 24.3 Å². The number of hydrogen-bond donors (Lipinski definition) is 0. The minimum Gasteiger partial charge on any atom is -0.467 e. The number of amides is 1. The lowest BCUT2D eigenvalue weighted by Crippen LogP contribution is -2.50. The van der Waals surface area contributed by atoms with Gasteiger partial charge in [-0.1, -0.05) is 36.4 Å². The predicted molar refractivity (Wildman–Crippen MR) is 103 cm³/mol. The van der Waals surface area contributed by atoms with Gasteiger partial charge in [0, 0.05) is 18.4 Å². The summed E-state index contributed by atoms with van der Waals surface area (Å²) in [6.07, 6.45) is 1.62. The molecular formula is C21H19N3O4. The molecule has 0 saturated heterocycles. The van der Waals surface area contributed by atoms with Crippen molar-refractivity contribution in [2.75, 3.05) is 7.11 Å². The molecule has 2 aromatic carbocycles. The number of fused-ring (bicyclic) bond motifs is 2. The number of methoxy groups -OCH3 is 1. The number of para-hydroxylation sites is 1. The molecule has 1 aliphatic rings. The number of carbonyl (C=O) groups is 2. The molecule has 1 atom stereocenters. The van der Waals surface area contributed by atoms with Crippen LogP contribution in [0.2, 0.25) is 0 Å². The molecule has 142 valence electrons. The molecule has 3 aromatic rings. The molecule has 0 aliphatic carbocycles. The van der Waals surface area contributed by atoms with Crippen molar-refractivity contribution >= 4 is 22.8 Å². The van der Waals surface area contributed by atoms with E-state index in [2.05, 4.69) is 5.10 Å². The Morgan fingerprint density at radius 1 is 1.11 bits per heavy atom. The highest BCUT2D eigenvalue weighted by atomic mass is 16.5. The van der Waals surface area contributed by atoms with Crippen LogP contribution in [-0.4, -0.2) is 39.7 Å². The van der Waals surface area contributed by atoms with E-state index < -0.39 is 12.0 Å². The number of benzene rings is 2. The van der Waals surface area contributed by atoms with Crippen LogP contribution in [0, 0.1) is 0 Å². The second kappa shape index (κ2) is 7.26. The van der Waals surface area contributed by atoms with Crippen LogP contribution in [0.4, 0.5) is 0 Å². The van der Waals surface area contributed by atoms with E-state index >= 15 is 0 Å². The number of nitrogens with zero attached hydrogens (tertiary/aromatic N) is 3. The van der Waals surface area contributed by atoms with E-state index in [-0.39, 0.29) is 17.9 Å². The van der Waals surface area contributed by atoms with Crippen LogP contribution in [0.25, 0.3) is 10.9 Å². The Hall–Kier alpha value is -3.48. The number of hydrogen-bond acceptors (Lipinski definition) is 5. The van der Waals surface area contributed by atoms with Crippen molar-refractivity contribution in [1.29, 1.82) is 0 Å². The van der Waals surface area contributed by atoms with Gasteiger partial charge in [-0.3, -0.25) is 14.3 Å². The van der Waals surface area contributed by atoms with Crippen molar-refractivity contribution in [3.05, 3.63) is 76.1 Å². The van der Waals surface area contributed by atoms with E-state index in [9.17, 15) is 14.4 Å². The number of rotatable bonds is 3. The molecule has 0 unspecified atom stereocenters. The topological polar surface area (TPSA) is 81.5 Å². The molecule has 0 N–H and O–H groups in total. The van der Waals surface area contributed by atoms with Crippen LogP contribution in [-0.2, 0) is 33.8 Å². The average Bonchev–Trinajstić information content (AvgIpc) is 2.74. The van der Waals surface area contributed by atoms with E-state index in [1.165, 1.54) is 22.9 Å². The minimum atomic E-state index is -0.682. The van der Waals surface area contributed by atoms with Crippen LogP contribution in [0.15, 0.2) is 59.5 Å². The van der Waals surface area contributed by atoms with Crippen molar-refractivity contribution < 1.29 is 14.3 Å². The molecule has 7 heteroatoms. The fraction of sp³-hybridized carbons (Fsp3) is 0.238. The maximum atomic E-state index is 13.1. The van der Waals surface area contributed by atoms with Crippen LogP contribution in [0.5, 0.6) is 0 Å². The van der Waals surface area contributed by atoms with Gasteiger partial charge in [0.25, 0.3) is 0 Å². The number of aromatic nitrogens is 2. The first kappa shape index (κ1) is 17.9. The van der Waals surface area contributed by atoms with Gasteiger partial charge in [-0.25, -0.2) is 4.79 Å². The summed E-state index contributed by atoms with van der Waals surface area (Å²) in [5.74, 6) is -0.702. The van der Waals surface area contributed by atoms with Gasteiger partial charge in [-0.15, -0.1) is 0 Å². The molecule has 1 aliphatic heterocycles. The van der Waals surface area contributed by atoms with Crippen molar-refractivity contribution in [2.45, 2.75) is 25.6 Å². The van der Waals surface area contributed by atoms with Crippen molar-refractivity contribution in [3.8, 4) is 0 Å². The number of ether oxygens (including phenoxy) is 1. The zero-order valence-corrected chi connectivity index (χ0v) is 15.4. The van der Waals surface area contributed by atoms with Gasteiger partial charge >= 0.3 is 5.97 Å². The lowest BCUT2D eigenvalue weighted by Gasteiger charge is -2.35. The van der Waals surface area contributed by atoms with Crippen LogP contribution < -0.4 is 5.43 Å². The van der Waals surface area contributed by atoms with Crippen molar-refractivity contribution in [3.63, 3.8) is 0 Å². The molecular weight excluding hydrogens is 358 g/mol. The third kappa shape index (κ3) is 3.15. The van der Waals surface area contributed by atoms with Gasteiger partial charge in [-0.2, -0.15) is 5.10 Å². The second-order valence-electron chi connectivity index (χ2n) is 6.72. The summed E-state index contributed by atoms with van der Waals surface area (Å²) in [7, 11) is 1.32. The smallest absolute Gasteiger partial charge is 0.328 e. The number of carbonyl (C=O) groups excluding carboxylic acids is 2. The summed E-state index contributed by atoms with van der Waals surface area (Å²) in [6, 6.07) is 14.1. The standard InChI is InChI=1S/C21H19N3O4/c1-28-21(27)18-10-14-6-2-3-7-15(14)12-23(18)20(26)13-24-17-9-5-4-8-16(17)19(25)11-22-24/h2-9,11,18H,10,12-13H2,1H3/t18-/m0/s1. The normalized spacial score (nSPS) is 15.9. The van der Waals surface area contributed by atoms with Gasteiger partial charge < -0.3 is 9.64 Å². The van der Waals surface area contributed by atoms with Crippen molar-refractivity contribution in [2.24, 2.45) is 0 Å². The Kier molecular flexibility index (Phi) is 4.65. The first-order valence-electron chi connectivity index (χ1n) is 8.97. The summed E-state index contributed by atoms with van der Waals surface area (Å²) in [5, 5.41) is 4.61. The van der Waals surface area contributed by atoms with Crippen LogP contribution in [0.3, 0.4) is 0 Å². The fourth-order valence-electron chi connectivity index (χ4n) is 3.64. The highest BCUT2D eigenvalue weighted by Crippen LogP contribution is 2.24. The fourth-order valence-corrected chi connectivity index (χ4v) is 3.64. The highest BCUT2D eigenvalue weighted by Gasteiger charge is 2.35. The van der Waals surface area contributed by atoms with E-state index in [4.69, 9.17) is 4.74 Å². The van der Waals surface area contributed by atoms with Gasteiger partial charge in [0.15, 0.2) is 0 Å². The highest BCUT2D eigenvalue weighted by molar-refractivity contribution is 5.86. The van der Waals surface area contributed by atoms with Gasteiger partial charge in [0.05, 0.1) is 18.8 Å². The Bertz CT molecular complexity index is 1120. The molecule has 0 radical (unpaired) electrons. The molecule has 2 heterocycles. The molecule has 1 aromatic heterocycles. The third-order valence-corrected chi connectivity index (χ3v) is 5.09. The zero-order valence-electron chi connectivity index (χ0n) is 15.4. The Balaban J connectivity index is 1.68. The quantitative estimate of drug-likeness (QED) is 0.647. The lowest BCUT2D eigenvalue weighted by molar-refractivity contribution is -0.154. The third-order valence-electron chi connectivity index (χ3n) is 5.09. The molecule has 7 nitrogen and oxygen atoms in total. The minimum absolute atomic E-state index is 0.0730. The predicted octanol–water partition coefficient (Wildman–Crippen LogP) is 1.52. The summed E-state index contributed by atoms with van der Waals surface area (Å²) < 4.78 is 6.42. The summed E-state index contributed by atoms with van der Waals surface area (Å²) >= 11 is 0. The van der Waals surface area contributed by atoms with Crippen LogP contribution in [0.1, 0.15) is 11.1 Å². The van der Waals surface area contributed by atoms with Crippen LogP contribution >= 0.6 is 0 Å². The summed E-state index contributed by atoms with van der Waals surface area (Å²) in [4.78, 5) is 39.0. The summed E-state index contributed by atoms with van der Waals surface area (Å²) in [6.45, 7) is 0.253. The monoisotopic (exact) mass is 377 g/mol. The Morgan fingerprint density at radius 3 is 2.61 bits per heavy atom. The Morgan fingerprint density at radius 2 is 1.82 bits per heavy atom. The van der Waals surface area contributed by atoms with Gasteiger partial charge in [-0.05, 0) is 23.3 Å². The lowest BCUT2D eigenvalue weighted by atomic mass is 9.94. The maximum Gasteiger partial charge on any atom is 0.328 e. The molecule has 0 saturated carbocycles. The molecule has 0 fully saturated rings. The van der Waals surface area contributed by atoms with E-state index in [0.29, 0.717) is 23.9 Å². The second-order valence-corrected chi connectivity index (χ2v) is 6.72. The van der Waals surface area contributed by atoms with Crippen molar-refractivity contribution in [1.82, 2.24) is 14.7 Å². The Labute approximate surface area is 161 Å². The zero-order chi connectivity index (χ0) is 19.7. The average molecular weight is 377 g/mol. The first-order valence-corrected chi connectivity index (χ1v) is 8.97. The first-order chi connectivity index (χ1) is 13.6. The largest absolute Gasteiger partial charge is 0.467 e. The molecule has 28 heavy (non-hydrogen) atoms. The maximum absolute atomic E-state index is 13.1. The molecule has 1 amide bonds. The SMILES string of the molecule is COC(=O)[C@@H]1Cc2ccccc2CN1C(=O)Cn1ncc(=O)c2ccccc21. The van der Waals surface area contributed by atoms with Gasteiger partial charge in [0.2, 0.25) is 11.3 Å². The number of esters is 1. The van der Waals surface area contributed by atoms with E-state index in [1.807, 2.05) is 24.3 Å². The van der Waals surface area contributed by atoms with Gasteiger partial charge in [0.1, 0.15) is 12.6 Å².